The summed E-state index contributed by atoms with van der Waals surface area (Å²) in [7, 11) is -3.93. The van der Waals surface area contributed by atoms with Crippen LogP contribution in [0.4, 0.5) is 13.2 Å². The van der Waals surface area contributed by atoms with E-state index in [1.807, 2.05) is 5.32 Å². The fourth-order valence-corrected chi connectivity index (χ4v) is 4.14. The fourth-order valence-electron chi connectivity index (χ4n) is 2.35. The van der Waals surface area contributed by atoms with Crippen molar-refractivity contribution < 1.29 is 31.5 Å². The van der Waals surface area contributed by atoms with Crippen molar-refractivity contribution in [1.29, 1.82) is 0 Å². The summed E-state index contributed by atoms with van der Waals surface area (Å²) in [6.45, 7) is 1.41. The minimum absolute atomic E-state index is 0.0641. The van der Waals surface area contributed by atoms with Crippen LogP contribution in [0.1, 0.15) is 12.5 Å². The number of phenols is 1. The molecule has 0 spiro atoms. The first-order valence-corrected chi connectivity index (χ1v) is 9.47. The summed E-state index contributed by atoms with van der Waals surface area (Å²) < 4.78 is 62.0. The Morgan fingerprint density at radius 3 is 2.30 bits per heavy atom. The van der Waals surface area contributed by atoms with E-state index < -0.39 is 28.0 Å². The SMILES string of the molecule is CC(Cc1ccc(S(=O)(=O)c2ccc(O)cc2Cl)cc1)NC(=O)C(F)(F)F. The number of rotatable bonds is 5. The fraction of sp³-hybridized carbons (Fsp3) is 0.235. The maximum atomic E-state index is 12.6. The van der Waals surface area contributed by atoms with Crippen LogP contribution in [0.3, 0.4) is 0 Å². The summed E-state index contributed by atoms with van der Waals surface area (Å²) in [6.07, 6.45) is -4.88. The lowest BCUT2D eigenvalue weighted by molar-refractivity contribution is -0.174. The van der Waals surface area contributed by atoms with Gasteiger partial charge in [0, 0.05) is 6.04 Å². The topological polar surface area (TPSA) is 83.5 Å². The number of hydrogen-bond acceptors (Lipinski definition) is 4. The van der Waals surface area contributed by atoms with E-state index in [2.05, 4.69) is 0 Å². The van der Waals surface area contributed by atoms with Crippen LogP contribution in [0.5, 0.6) is 5.75 Å². The van der Waals surface area contributed by atoms with Gasteiger partial charge in [0.05, 0.1) is 14.8 Å². The smallest absolute Gasteiger partial charge is 0.471 e. The van der Waals surface area contributed by atoms with Crippen molar-refractivity contribution in [1.82, 2.24) is 5.32 Å². The second kappa shape index (κ2) is 7.77. The van der Waals surface area contributed by atoms with Gasteiger partial charge in [-0.1, -0.05) is 23.7 Å². The van der Waals surface area contributed by atoms with Crippen molar-refractivity contribution in [3.63, 3.8) is 0 Å². The molecular weight excluding hydrogens is 407 g/mol. The number of benzene rings is 2. The molecule has 0 aliphatic carbocycles. The van der Waals surface area contributed by atoms with Gasteiger partial charge >= 0.3 is 12.1 Å². The lowest BCUT2D eigenvalue weighted by Gasteiger charge is -2.15. The highest BCUT2D eigenvalue weighted by Crippen LogP contribution is 2.30. The molecular formula is C17H15ClF3NO4S. The molecule has 0 fully saturated rings. The molecule has 0 saturated heterocycles. The number of nitrogens with one attached hydrogen (secondary N) is 1. The Kier molecular flexibility index (Phi) is 6.06. The van der Waals surface area contributed by atoms with Crippen LogP contribution >= 0.6 is 11.6 Å². The molecule has 2 N–H and O–H groups in total. The van der Waals surface area contributed by atoms with Crippen LogP contribution in [0.25, 0.3) is 0 Å². The molecule has 0 aromatic heterocycles. The molecule has 2 rings (SSSR count). The van der Waals surface area contributed by atoms with E-state index in [4.69, 9.17) is 11.6 Å². The summed E-state index contributed by atoms with van der Waals surface area (Å²) in [5.41, 5.74) is 0.542. The molecule has 0 saturated carbocycles. The van der Waals surface area contributed by atoms with Crippen LogP contribution < -0.4 is 5.32 Å². The number of phenolic OH excluding ortho intramolecular Hbond substituents is 1. The molecule has 2 aromatic carbocycles. The molecule has 0 aliphatic rings. The standard InChI is InChI=1S/C17H15ClF3NO4S/c1-10(22-16(24)17(19,20)21)8-11-2-5-13(6-3-11)27(25,26)15-7-4-12(23)9-14(15)18/h2-7,9-10,23H,8H2,1H3,(H,22,24). The van der Waals surface area contributed by atoms with Gasteiger partial charge < -0.3 is 10.4 Å². The molecule has 0 aliphatic heterocycles. The predicted molar refractivity (Wildman–Crippen MR) is 92.4 cm³/mol. The van der Waals surface area contributed by atoms with Gasteiger partial charge in [0.25, 0.3) is 0 Å². The second-order valence-corrected chi connectivity index (χ2v) is 8.16. The zero-order valence-electron chi connectivity index (χ0n) is 13.9. The van der Waals surface area contributed by atoms with Gasteiger partial charge in [0.2, 0.25) is 9.84 Å². The quantitative estimate of drug-likeness (QED) is 0.774. The Balaban J connectivity index is 2.16. The zero-order valence-corrected chi connectivity index (χ0v) is 15.5. The summed E-state index contributed by atoms with van der Waals surface area (Å²) >= 11 is 5.88. The molecule has 146 valence electrons. The minimum atomic E-state index is -4.96. The third-order valence-electron chi connectivity index (χ3n) is 3.62. The number of aromatic hydroxyl groups is 1. The molecule has 10 heteroatoms. The van der Waals surface area contributed by atoms with Gasteiger partial charge in [0.1, 0.15) is 5.75 Å². The van der Waals surface area contributed by atoms with Crippen molar-refractivity contribution in [3.05, 3.63) is 53.1 Å². The van der Waals surface area contributed by atoms with Crippen molar-refractivity contribution >= 4 is 27.3 Å². The maximum absolute atomic E-state index is 12.6. The minimum Gasteiger partial charge on any atom is -0.508 e. The molecule has 0 bridgehead atoms. The van der Waals surface area contributed by atoms with E-state index in [1.165, 1.54) is 43.3 Å². The van der Waals surface area contributed by atoms with Crippen molar-refractivity contribution in [2.75, 3.05) is 0 Å². The normalized spacial score (nSPS) is 13.2. The monoisotopic (exact) mass is 421 g/mol. The Bertz CT molecular complexity index is 944. The maximum Gasteiger partial charge on any atom is 0.471 e. The van der Waals surface area contributed by atoms with E-state index in [9.17, 15) is 31.5 Å². The van der Waals surface area contributed by atoms with Crippen LogP contribution in [-0.2, 0) is 21.1 Å². The zero-order chi connectivity index (χ0) is 20.4. The molecule has 5 nitrogen and oxygen atoms in total. The number of hydrogen-bond donors (Lipinski definition) is 2. The van der Waals surface area contributed by atoms with Gasteiger partial charge in [-0.15, -0.1) is 0 Å². The van der Waals surface area contributed by atoms with E-state index in [1.54, 1.807) is 0 Å². The average Bonchev–Trinajstić information content (AvgIpc) is 2.53. The first-order valence-electron chi connectivity index (χ1n) is 7.61. The largest absolute Gasteiger partial charge is 0.508 e. The van der Waals surface area contributed by atoms with Crippen molar-refractivity contribution in [2.45, 2.75) is 35.4 Å². The van der Waals surface area contributed by atoms with E-state index in [-0.39, 0.29) is 27.0 Å². The lowest BCUT2D eigenvalue weighted by Crippen LogP contribution is -2.42. The van der Waals surface area contributed by atoms with Crippen LogP contribution in [-0.4, -0.2) is 31.6 Å². The van der Waals surface area contributed by atoms with Gasteiger partial charge in [-0.05, 0) is 49.2 Å². The molecule has 27 heavy (non-hydrogen) atoms. The number of sulfone groups is 1. The number of amides is 1. The molecule has 1 amide bonds. The lowest BCUT2D eigenvalue weighted by atomic mass is 10.1. The molecule has 0 radical (unpaired) electrons. The van der Waals surface area contributed by atoms with Crippen molar-refractivity contribution in [3.8, 4) is 5.75 Å². The van der Waals surface area contributed by atoms with E-state index in [0.717, 1.165) is 6.07 Å². The summed E-state index contributed by atoms with van der Waals surface area (Å²) in [6, 6.07) is 8.16. The third-order valence-corrected chi connectivity index (χ3v) is 5.87. The van der Waals surface area contributed by atoms with Crippen LogP contribution in [0, 0.1) is 0 Å². The first kappa shape index (κ1) is 21.0. The number of carbonyl (C=O) groups excluding carboxylic acids is 1. The predicted octanol–water partition coefficient (Wildman–Crippen LogP) is 3.49. The van der Waals surface area contributed by atoms with Gasteiger partial charge in [-0.3, -0.25) is 4.79 Å². The summed E-state index contributed by atoms with van der Waals surface area (Å²) in [5, 5.41) is 11.0. The van der Waals surface area contributed by atoms with Gasteiger partial charge in [0.15, 0.2) is 0 Å². The third kappa shape index (κ3) is 5.14. The molecule has 1 atom stereocenters. The molecule has 2 aromatic rings. The highest BCUT2D eigenvalue weighted by molar-refractivity contribution is 7.91. The first-order chi connectivity index (χ1) is 12.4. The van der Waals surface area contributed by atoms with E-state index >= 15 is 0 Å². The number of alkyl halides is 3. The average molecular weight is 422 g/mol. The highest BCUT2D eigenvalue weighted by atomic mass is 35.5. The van der Waals surface area contributed by atoms with Crippen LogP contribution in [0.2, 0.25) is 5.02 Å². The van der Waals surface area contributed by atoms with Crippen LogP contribution in [0.15, 0.2) is 52.3 Å². The van der Waals surface area contributed by atoms with E-state index in [0.29, 0.717) is 5.56 Å². The van der Waals surface area contributed by atoms with Gasteiger partial charge in [-0.2, -0.15) is 13.2 Å². The second-order valence-electron chi connectivity index (χ2n) is 5.84. The number of carbonyl (C=O) groups is 1. The highest BCUT2D eigenvalue weighted by Gasteiger charge is 2.39. The Labute approximate surface area is 158 Å². The molecule has 1 unspecified atom stereocenters. The summed E-state index contributed by atoms with van der Waals surface area (Å²) in [4.78, 5) is 10.7. The summed E-state index contributed by atoms with van der Waals surface area (Å²) in [5.74, 6) is -2.21. The van der Waals surface area contributed by atoms with Crippen molar-refractivity contribution in [2.24, 2.45) is 0 Å². The number of halogens is 4. The molecule has 0 heterocycles. The Morgan fingerprint density at radius 1 is 1.19 bits per heavy atom. The Hall–Kier alpha value is -2.26. The van der Waals surface area contributed by atoms with Gasteiger partial charge in [-0.25, -0.2) is 8.42 Å². The Morgan fingerprint density at radius 2 is 1.78 bits per heavy atom.